The van der Waals surface area contributed by atoms with Crippen LogP contribution in [0.25, 0.3) is 0 Å². The van der Waals surface area contributed by atoms with Crippen LogP contribution in [-0.4, -0.2) is 141 Å². The van der Waals surface area contributed by atoms with Gasteiger partial charge in [0.25, 0.3) is 0 Å². The van der Waals surface area contributed by atoms with Gasteiger partial charge in [0.2, 0.25) is 0 Å². The first-order chi connectivity index (χ1) is 23.3. The van der Waals surface area contributed by atoms with Gasteiger partial charge in [0, 0.05) is 24.5 Å². The number of furan rings is 1. The van der Waals surface area contributed by atoms with E-state index in [1.807, 2.05) is 51.9 Å². The van der Waals surface area contributed by atoms with E-state index in [0.29, 0.717) is 32.6 Å². The minimum Gasteiger partial charge on any atom is -0.468 e. The normalized spacial score (nSPS) is 41.8. The molecule has 2 aliphatic rings. The molecule has 14 atom stereocenters. The summed E-state index contributed by atoms with van der Waals surface area (Å²) in [6.45, 7) is 16.2. The fourth-order valence-electron chi connectivity index (χ4n) is 7.93. The number of aliphatic hydroxyl groups excluding tert-OH is 3. The molecule has 1 aromatic heterocycles. The average Bonchev–Trinajstić information content (AvgIpc) is 3.57. The van der Waals surface area contributed by atoms with Gasteiger partial charge in [0.05, 0.1) is 42.6 Å². The van der Waals surface area contributed by atoms with E-state index >= 15 is 0 Å². The third-order valence-electron chi connectivity index (χ3n) is 11.0. The van der Waals surface area contributed by atoms with Gasteiger partial charge in [-0.05, 0) is 106 Å². The highest BCUT2D eigenvalue weighted by atomic mass is 16.7. The summed E-state index contributed by atoms with van der Waals surface area (Å²) in [5, 5.41) is 62.0. The van der Waals surface area contributed by atoms with Crippen molar-refractivity contribution < 1.29 is 49.0 Å². The van der Waals surface area contributed by atoms with Crippen LogP contribution < -0.4 is 5.32 Å². The van der Waals surface area contributed by atoms with E-state index < -0.39 is 71.9 Å². The molecule has 3 heterocycles. The van der Waals surface area contributed by atoms with Gasteiger partial charge in [-0.1, -0.05) is 20.8 Å². The lowest BCUT2D eigenvalue weighted by Gasteiger charge is -2.46. The highest BCUT2D eigenvalue weighted by Gasteiger charge is 2.50. The molecular weight excluding hydrogens is 646 g/mol. The number of rotatable bonds is 10. The lowest BCUT2D eigenvalue weighted by molar-refractivity contribution is -0.299. The maximum Gasteiger partial charge on any atom is 0.311 e. The Bertz CT molecular complexity index is 1150. The summed E-state index contributed by atoms with van der Waals surface area (Å²) in [7, 11) is 3.76. The zero-order valence-corrected chi connectivity index (χ0v) is 32.0. The fraction of sp³-hybridized carbons (Fsp3) is 0.865. The number of ether oxygens (including phenoxy) is 3. The summed E-state index contributed by atoms with van der Waals surface area (Å²) in [5.41, 5.74) is -3.35. The number of nitrogens with one attached hydrogen (secondary N) is 1. The van der Waals surface area contributed by atoms with Gasteiger partial charge in [0.1, 0.15) is 29.7 Å². The Balaban J connectivity index is 1.96. The predicted molar refractivity (Wildman–Crippen MR) is 189 cm³/mol. The minimum absolute atomic E-state index is 0.149. The maximum absolute atomic E-state index is 13.6. The SMILES string of the molecule is CC[C@H]1OC(=O)[C@H](C)[C@@H](O)[C@H](C)[C@@H](O[C@@H]2O[C@H](C)C[C@H](N(C)C)[C@H]2O)C(C)(O)C[C@@H](C)CN(CCCNCc2ccco2)[C@H](C)[C@@H](O)[C@]1(C)O. The van der Waals surface area contributed by atoms with Crippen molar-refractivity contribution in [2.45, 2.75) is 154 Å². The molecule has 6 N–H and O–H groups in total. The topological polar surface area (TPSA) is 178 Å². The van der Waals surface area contributed by atoms with E-state index in [2.05, 4.69) is 10.2 Å². The lowest BCUT2D eigenvalue weighted by atomic mass is 9.78. The van der Waals surface area contributed by atoms with E-state index in [1.54, 1.807) is 27.0 Å². The van der Waals surface area contributed by atoms with E-state index in [4.69, 9.17) is 18.6 Å². The Labute approximate surface area is 299 Å². The van der Waals surface area contributed by atoms with Gasteiger partial charge in [-0.2, -0.15) is 0 Å². The second kappa shape index (κ2) is 18.4. The first kappa shape index (κ1) is 42.8. The number of cyclic esters (lactones) is 1. The van der Waals surface area contributed by atoms with Gasteiger partial charge in [-0.15, -0.1) is 0 Å². The molecule has 2 aliphatic heterocycles. The minimum atomic E-state index is -1.80. The van der Waals surface area contributed by atoms with Crippen LogP contribution in [0.2, 0.25) is 0 Å². The summed E-state index contributed by atoms with van der Waals surface area (Å²) < 4.78 is 23.8. The zero-order chi connectivity index (χ0) is 37.6. The third kappa shape index (κ3) is 10.7. The summed E-state index contributed by atoms with van der Waals surface area (Å²) in [6, 6.07) is 2.94. The molecule has 50 heavy (non-hydrogen) atoms. The smallest absolute Gasteiger partial charge is 0.311 e. The van der Waals surface area contributed by atoms with Crippen LogP contribution in [-0.2, 0) is 25.5 Å². The summed E-state index contributed by atoms with van der Waals surface area (Å²) in [4.78, 5) is 17.6. The second-order valence-electron chi connectivity index (χ2n) is 15.8. The largest absolute Gasteiger partial charge is 0.468 e. The number of hydrogen-bond donors (Lipinski definition) is 6. The van der Waals surface area contributed by atoms with Crippen LogP contribution in [0.3, 0.4) is 0 Å². The zero-order valence-electron chi connectivity index (χ0n) is 32.0. The van der Waals surface area contributed by atoms with E-state index in [0.717, 1.165) is 12.2 Å². The Kier molecular flexibility index (Phi) is 15.7. The molecular formula is C37H67N3O10. The van der Waals surface area contributed by atoms with Crippen LogP contribution in [0.1, 0.15) is 86.8 Å². The molecule has 2 fully saturated rings. The maximum atomic E-state index is 13.6. The van der Waals surface area contributed by atoms with Crippen molar-refractivity contribution in [2.75, 3.05) is 33.7 Å². The highest BCUT2D eigenvalue weighted by Crippen LogP contribution is 2.36. The fourth-order valence-corrected chi connectivity index (χ4v) is 7.93. The van der Waals surface area contributed by atoms with Crippen molar-refractivity contribution in [3.63, 3.8) is 0 Å². The van der Waals surface area contributed by atoms with Gasteiger partial charge < -0.3 is 54.4 Å². The number of esters is 1. The molecule has 1 aromatic rings. The van der Waals surface area contributed by atoms with Crippen molar-refractivity contribution in [1.82, 2.24) is 15.1 Å². The van der Waals surface area contributed by atoms with Crippen molar-refractivity contribution in [3.8, 4) is 0 Å². The number of carbonyl (C=O) groups is 1. The van der Waals surface area contributed by atoms with E-state index in [9.17, 15) is 30.3 Å². The standard InChI is InChI=1S/C37H67N3O10/c1-11-29-37(8,46)32(43)26(6)40(16-13-15-38-20-27-14-12-17-47-27)21-22(2)19-36(7,45)33(24(4)30(41)25(5)34(44)49-29)50-35-31(42)28(39(9)10)18-23(3)48-35/h12,14,17,22-26,28-33,35,38,41-43,45-46H,11,13,15-16,18-21H2,1-10H3/t22-,23-,24+,25-,26-,28+,29-,30+,31-,32-,33-,35+,36?,37-/m1/s1. The number of hydrogen-bond acceptors (Lipinski definition) is 13. The Morgan fingerprint density at radius 1 is 1.08 bits per heavy atom. The molecule has 3 rings (SSSR count). The van der Waals surface area contributed by atoms with Crippen molar-refractivity contribution in [2.24, 2.45) is 17.8 Å². The molecule has 0 aromatic carbocycles. The molecule has 0 bridgehead atoms. The molecule has 0 amide bonds. The van der Waals surface area contributed by atoms with E-state index in [-0.39, 0.29) is 30.9 Å². The van der Waals surface area contributed by atoms with Gasteiger partial charge >= 0.3 is 5.97 Å². The molecule has 0 radical (unpaired) electrons. The molecule has 1 unspecified atom stereocenters. The monoisotopic (exact) mass is 713 g/mol. The Morgan fingerprint density at radius 3 is 2.36 bits per heavy atom. The average molecular weight is 714 g/mol. The molecule has 2 saturated heterocycles. The number of carbonyl (C=O) groups excluding carboxylic acids is 1. The number of aliphatic hydroxyl groups is 5. The van der Waals surface area contributed by atoms with Gasteiger partial charge in [0.15, 0.2) is 6.29 Å². The molecule has 0 aliphatic carbocycles. The van der Waals surface area contributed by atoms with E-state index in [1.165, 1.54) is 13.8 Å². The molecule has 290 valence electrons. The van der Waals surface area contributed by atoms with Crippen LogP contribution in [0.5, 0.6) is 0 Å². The first-order valence-corrected chi connectivity index (χ1v) is 18.5. The van der Waals surface area contributed by atoms with Gasteiger partial charge in [-0.3, -0.25) is 9.69 Å². The van der Waals surface area contributed by atoms with Crippen LogP contribution in [0, 0.1) is 17.8 Å². The predicted octanol–water partition coefficient (Wildman–Crippen LogP) is 2.12. The van der Waals surface area contributed by atoms with Crippen molar-refractivity contribution in [1.29, 1.82) is 0 Å². The lowest BCUT2D eigenvalue weighted by Crippen LogP contribution is -2.59. The van der Waals surface area contributed by atoms with Crippen LogP contribution >= 0.6 is 0 Å². The quantitative estimate of drug-likeness (QED) is 0.154. The molecule has 13 heteroatoms. The van der Waals surface area contributed by atoms with Crippen molar-refractivity contribution in [3.05, 3.63) is 24.2 Å². The summed E-state index contributed by atoms with van der Waals surface area (Å²) in [5.74, 6) is -1.93. The molecule has 0 spiro atoms. The summed E-state index contributed by atoms with van der Waals surface area (Å²) >= 11 is 0. The van der Waals surface area contributed by atoms with Crippen molar-refractivity contribution >= 4 is 5.97 Å². The Hall–Kier alpha value is -1.65. The highest BCUT2D eigenvalue weighted by molar-refractivity contribution is 5.73. The van der Waals surface area contributed by atoms with Crippen LogP contribution in [0.15, 0.2) is 22.8 Å². The van der Waals surface area contributed by atoms with Gasteiger partial charge in [-0.25, -0.2) is 0 Å². The summed E-state index contributed by atoms with van der Waals surface area (Å²) in [6.07, 6.45) is -3.65. The first-order valence-electron chi connectivity index (χ1n) is 18.5. The number of nitrogens with zero attached hydrogens (tertiary/aromatic N) is 2. The second-order valence-corrected chi connectivity index (χ2v) is 15.8. The third-order valence-corrected chi connectivity index (χ3v) is 11.0. The van der Waals surface area contributed by atoms with Crippen LogP contribution in [0.4, 0.5) is 0 Å². The Morgan fingerprint density at radius 2 is 1.76 bits per heavy atom. The number of likely N-dealkylation sites (N-methyl/N-ethyl adjacent to an activating group) is 1. The molecule has 0 saturated carbocycles. The molecule has 13 nitrogen and oxygen atoms in total.